The van der Waals surface area contributed by atoms with Gasteiger partial charge in [0.15, 0.2) is 6.61 Å². The number of ether oxygens (including phenoxy) is 1. The molecule has 1 aliphatic rings. The summed E-state index contributed by atoms with van der Waals surface area (Å²) in [6.07, 6.45) is 0. The number of fused-ring (bicyclic) bond motifs is 2. The summed E-state index contributed by atoms with van der Waals surface area (Å²) in [6, 6.07) is 20.7. The predicted molar refractivity (Wildman–Crippen MR) is 131 cm³/mol. The van der Waals surface area contributed by atoms with Crippen LogP contribution >= 0.6 is 11.8 Å². The van der Waals surface area contributed by atoms with Gasteiger partial charge in [-0.1, -0.05) is 49.9 Å². The van der Waals surface area contributed by atoms with E-state index in [2.05, 4.69) is 0 Å². The Morgan fingerprint density at radius 3 is 1.91 bits per heavy atom. The normalized spacial score (nSPS) is 12.7. The molecule has 0 saturated heterocycles. The molecule has 0 atom stereocenters. The van der Waals surface area contributed by atoms with Crippen LogP contribution in [0, 0.1) is 0 Å². The summed E-state index contributed by atoms with van der Waals surface area (Å²) in [7, 11) is -3.62. The molecule has 0 bridgehead atoms. The third-order valence-corrected chi connectivity index (χ3v) is 8.64. The molecule has 34 heavy (non-hydrogen) atoms. The molecule has 9 heteroatoms. The fourth-order valence-corrected chi connectivity index (χ4v) is 6.24. The highest BCUT2D eigenvalue weighted by Crippen LogP contribution is 2.47. The van der Waals surface area contributed by atoms with Gasteiger partial charge in [0.2, 0.25) is 10.0 Å². The minimum absolute atomic E-state index is 0.0999. The second-order valence-electron chi connectivity index (χ2n) is 7.46. The van der Waals surface area contributed by atoms with E-state index in [1.165, 1.54) is 28.6 Å². The molecular weight excluding hydrogens is 472 g/mol. The average molecular weight is 497 g/mol. The standard InChI is InChI=1S/C25H24N2O5S2/c1-3-26(4-2)34(30,31)19-15-13-18(14-16-19)25(29)32-17-24(28)27-20-9-5-7-11-22(20)33-23-12-8-6-10-21(23)27/h5-16H,3-4,17H2,1-2H3. The molecule has 1 amide bonds. The van der Waals surface area contributed by atoms with Gasteiger partial charge in [0.25, 0.3) is 5.91 Å². The van der Waals surface area contributed by atoms with Crippen LogP contribution in [0.25, 0.3) is 0 Å². The molecule has 3 aromatic carbocycles. The number of carbonyl (C=O) groups is 2. The van der Waals surface area contributed by atoms with Crippen molar-refractivity contribution >= 4 is 45.0 Å². The van der Waals surface area contributed by atoms with Crippen molar-refractivity contribution < 1.29 is 22.7 Å². The van der Waals surface area contributed by atoms with Crippen molar-refractivity contribution in [2.75, 3.05) is 24.6 Å². The Hall–Kier alpha value is -3.14. The number of carbonyl (C=O) groups excluding carboxylic acids is 2. The zero-order valence-corrected chi connectivity index (χ0v) is 20.4. The molecule has 3 aromatic rings. The largest absolute Gasteiger partial charge is 0.452 e. The maximum Gasteiger partial charge on any atom is 0.338 e. The van der Waals surface area contributed by atoms with Gasteiger partial charge >= 0.3 is 5.97 Å². The van der Waals surface area contributed by atoms with Crippen molar-refractivity contribution in [3.05, 3.63) is 78.4 Å². The van der Waals surface area contributed by atoms with Gasteiger partial charge < -0.3 is 4.74 Å². The second-order valence-corrected chi connectivity index (χ2v) is 10.5. The highest BCUT2D eigenvalue weighted by Gasteiger charge is 2.28. The molecule has 0 spiro atoms. The summed E-state index contributed by atoms with van der Waals surface area (Å²) in [5.74, 6) is -1.08. The molecule has 1 heterocycles. The van der Waals surface area contributed by atoms with Crippen LogP contribution in [0.1, 0.15) is 24.2 Å². The van der Waals surface area contributed by atoms with Crippen molar-refractivity contribution in [2.45, 2.75) is 28.5 Å². The smallest absolute Gasteiger partial charge is 0.338 e. The van der Waals surface area contributed by atoms with Crippen LogP contribution in [0.3, 0.4) is 0 Å². The molecule has 0 aromatic heterocycles. The molecule has 0 fully saturated rings. The molecular formula is C25H24N2O5S2. The minimum Gasteiger partial charge on any atom is -0.452 e. The van der Waals surface area contributed by atoms with E-state index in [0.29, 0.717) is 13.1 Å². The number of esters is 1. The Labute approximate surface area is 203 Å². The number of nitrogens with zero attached hydrogens (tertiary/aromatic N) is 2. The van der Waals surface area contributed by atoms with E-state index in [4.69, 9.17) is 4.74 Å². The Kier molecular flexibility index (Phi) is 7.06. The lowest BCUT2D eigenvalue weighted by atomic mass is 10.2. The fraction of sp³-hybridized carbons (Fsp3) is 0.200. The average Bonchev–Trinajstić information content (AvgIpc) is 2.86. The van der Waals surface area contributed by atoms with E-state index in [1.54, 1.807) is 30.5 Å². The topological polar surface area (TPSA) is 84.0 Å². The molecule has 0 unspecified atom stereocenters. The minimum atomic E-state index is -3.62. The molecule has 0 saturated carbocycles. The first-order valence-corrected chi connectivity index (χ1v) is 13.1. The summed E-state index contributed by atoms with van der Waals surface area (Å²) in [5, 5.41) is 0. The summed E-state index contributed by atoms with van der Waals surface area (Å²) >= 11 is 1.58. The first-order valence-electron chi connectivity index (χ1n) is 10.8. The highest BCUT2D eigenvalue weighted by atomic mass is 32.2. The van der Waals surface area contributed by atoms with Crippen molar-refractivity contribution in [2.24, 2.45) is 0 Å². The van der Waals surface area contributed by atoms with Crippen LogP contribution in [0.15, 0.2) is 87.5 Å². The van der Waals surface area contributed by atoms with Crippen LogP contribution in [0.4, 0.5) is 11.4 Å². The summed E-state index contributed by atoms with van der Waals surface area (Å²) in [4.78, 5) is 29.2. The van der Waals surface area contributed by atoms with E-state index in [9.17, 15) is 18.0 Å². The maximum atomic E-state index is 13.1. The number of rotatable bonds is 7. The SMILES string of the molecule is CCN(CC)S(=O)(=O)c1ccc(C(=O)OCC(=O)N2c3ccccc3Sc3ccccc32)cc1. The van der Waals surface area contributed by atoms with Crippen LogP contribution in [-0.2, 0) is 19.6 Å². The lowest BCUT2D eigenvalue weighted by Gasteiger charge is -2.30. The van der Waals surface area contributed by atoms with E-state index in [1.807, 2.05) is 48.5 Å². The lowest BCUT2D eigenvalue weighted by molar-refractivity contribution is -0.121. The zero-order chi connectivity index (χ0) is 24.3. The van der Waals surface area contributed by atoms with Gasteiger partial charge in [0.05, 0.1) is 21.8 Å². The molecule has 1 aliphatic heterocycles. The third-order valence-electron chi connectivity index (χ3n) is 5.44. The van der Waals surface area contributed by atoms with E-state index in [0.717, 1.165) is 21.2 Å². The van der Waals surface area contributed by atoms with Gasteiger partial charge in [-0.05, 0) is 48.5 Å². The Balaban J connectivity index is 1.49. The van der Waals surface area contributed by atoms with E-state index in [-0.39, 0.29) is 16.4 Å². The number of para-hydroxylation sites is 2. The summed E-state index contributed by atoms with van der Waals surface area (Å²) in [6.45, 7) is 3.78. The molecule has 0 aliphatic carbocycles. The lowest BCUT2D eigenvalue weighted by Crippen LogP contribution is -2.32. The molecule has 0 N–H and O–H groups in total. The van der Waals surface area contributed by atoms with Crippen LogP contribution in [0.2, 0.25) is 0 Å². The Morgan fingerprint density at radius 2 is 1.38 bits per heavy atom. The van der Waals surface area contributed by atoms with Gasteiger partial charge in [0.1, 0.15) is 0 Å². The van der Waals surface area contributed by atoms with Gasteiger partial charge in [-0.25, -0.2) is 13.2 Å². The third kappa shape index (κ3) is 4.59. The fourth-order valence-electron chi connectivity index (χ4n) is 3.72. The Morgan fingerprint density at radius 1 is 0.853 bits per heavy atom. The number of anilines is 2. The highest BCUT2D eigenvalue weighted by molar-refractivity contribution is 7.99. The molecule has 176 valence electrons. The molecule has 7 nitrogen and oxygen atoms in total. The molecule has 4 rings (SSSR count). The van der Waals surface area contributed by atoms with Crippen molar-refractivity contribution in [3.63, 3.8) is 0 Å². The molecule has 0 radical (unpaired) electrons. The van der Waals surface area contributed by atoms with Gasteiger partial charge in [-0.15, -0.1) is 0 Å². The number of hydrogen-bond donors (Lipinski definition) is 0. The predicted octanol–water partition coefficient (Wildman–Crippen LogP) is 4.70. The van der Waals surface area contributed by atoms with Crippen molar-refractivity contribution in [1.29, 1.82) is 0 Å². The first kappa shape index (κ1) is 24.0. The van der Waals surface area contributed by atoms with Gasteiger partial charge in [-0.2, -0.15) is 4.31 Å². The number of hydrogen-bond acceptors (Lipinski definition) is 6. The monoisotopic (exact) mass is 496 g/mol. The van der Waals surface area contributed by atoms with Crippen molar-refractivity contribution in [1.82, 2.24) is 4.31 Å². The quantitative estimate of drug-likeness (QED) is 0.441. The first-order chi connectivity index (χ1) is 16.4. The van der Waals surface area contributed by atoms with Crippen LogP contribution in [0.5, 0.6) is 0 Å². The summed E-state index contributed by atoms with van der Waals surface area (Å²) in [5.41, 5.74) is 1.64. The zero-order valence-electron chi connectivity index (χ0n) is 18.8. The second kappa shape index (κ2) is 10.0. The van der Waals surface area contributed by atoms with Crippen LogP contribution in [-0.4, -0.2) is 44.3 Å². The van der Waals surface area contributed by atoms with Crippen LogP contribution < -0.4 is 4.90 Å². The van der Waals surface area contributed by atoms with E-state index >= 15 is 0 Å². The van der Waals surface area contributed by atoms with Crippen molar-refractivity contribution in [3.8, 4) is 0 Å². The summed E-state index contributed by atoms with van der Waals surface area (Å²) < 4.78 is 31.9. The number of sulfonamides is 1. The number of amides is 1. The Bertz CT molecular complexity index is 1270. The maximum absolute atomic E-state index is 13.1. The van der Waals surface area contributed by atoms with Gasteiger partial charge in [-0.3, -0.25) is 9.69 Å². The van der Waals surface area contributed by atoms with E-state index < -0.39 is 22.6 Å². The number of benzene rings is 3. The van der Waals surface area contributed by atoms with Gasteiger partial charge in [0, 0.05) is 22.9 Å².